The maximum absolute atomic E-state index is 12.6. The molecular weight excluding hydrogens is 374 g/mol. The molecule has 1 aliphatic rings. The summed E-state index contributed by atoms with van der Waals surface area (Å²) in [5.41, 5.74) is 0.537. The molecule has 0 radical (unpaired) electrons. The molecule has 1 heterocycles. The van der Waals surface area contributed by atoms with Gasteiger partial charge < -0.3 is 25.0 Å². The SMILES string of the molecule is COCCNC(=O)C1CCCC(NC(=O)c2ccc(OC)cc2)CN(C)C(=O)C1. The highest BCUT2D eigenvalue weighted by Gasteiger charge is 2.27. The highest BCUT2D eigenvalue weighted by Crippen LogP contribution is 2.19. The molecule has 1 aromatic carbocycles. The number of ether oxygens (including phenoxy) is 2. The maximum Gasteiger partial charge on any atom is 0.251 e. The van der Waals surface area contributed by atoms with E-state index in [-0.39, 0.29) is 36.1 Å². The van der Waals surface area contributed by atoms with Crippen LogP contribution < -0.4 is 15.4 Å². The average Bonchev–Trinajstić information content (AvgIpc) is 2.78. The van der Waals surface area contributed by atoms with E-state index in [2.05, 4.69) is 10.6 Å². The molecule has 1 saturated heterocycles. The lowest BCUT2D eigenvalue weighted by Gasteiger charge is -2.24. The molecule has 2 rings (SSSR count). The van der Waals surface area contributed by atoms with Crippen molar-refractivity contribution >= 4 is 17.7 Å². The van der Waals surface area contributed by atoms with Crippen molar-refractivity contribution < 1.29 is 23.9 Å². The van der Waals surface area contributed by atoms with E-state index in [1.807, 2.05) is 0 Å². The second-order valence-corrected chi connectivity index (χ2v) is 7.29. The summed E-state index contributed by atoms with van der Waals surface area (Å²) in [5, 5.41) is 5.83. The van der Waals surface area contributed by atoms with Gasteiger partial charge in [0.2, 0.25) is 11.8 Å². The Hall–Kier alpha value is -2.61. The molecule has 2 atom stereocenters. The molecule has 0 saturated carbocycles. The minimum absolute atomic E-state index is 0.0949. The number of carbonyl (C=O) groups excluding carboxylic acids is 3. The first-order chi connectivity index (χ1) is 13.9. The molecule has 160 valence electrons. The van der Waals surface area contributed by atoms with Crippen molar-refractivity contribution in [2.24, 2.45) is 5.92 Å². The van der Waals surface area contributed by atoms with Crippen molar-refractivity contribution in [2.45, 2.75) is 31.7 Å². The van der Waals surface area contributed by atoms with Crippen LogP contribution in [-0.4, -0.2) is 69.6 Å². The first-order valence-electron chi connectivity index (χ1n) is 9.90. The van der Waals surface area contributed by atoms with Crippen molar-refractivity contribution in [2.75, 3.05) is 41.0 Å². The number of hydrogen-bond acceptors (Lipinski definition) is 5. The standard InChI is InChI=1S/C21H31N3O5/c1-24-14-17(23-21(27)15-7-9-18(29-3)10-8-15)6-4-5-16(13-19(24)25)20(26)22-11-12-28-2/h7-10,16-17H,4-6,11-14H2,1-3H3,(H,22,26)(H,23,27). The molecule has 0 bridgehead atoms. The van der Waals surface area contributed by atoms with Crippen LogP contribution in [0.25, 0.3) is 0 Å². The minimum atomic E-state index is -0.363. The highest BCUT2D eigenvalue weighted by atomic mass is 16.5. The number of likely N-dealkylation sites (N-methyl/N-ethyl adjacent to an activating group) is 1. The van der Waals surface area contributed by atoms with Gasteiger partial charge in [-0.25, -0.2) is 0 Å². The van der Waals surface area contributed by atoms with E-state index in [1.165, 1.54) is 0 Å². The van der Waals surface area contributed by atoms with Gasteiger partial charge in [0.15, 0.2) is 0 Å². The van der Waals surface area contributed by atoms with Crippen molar-refractivity contribution in [1.29, 1.82) is 0 Å². The molecule has 2 N–H and O–H groups in total. The van der Waals surface area contributed by atoms with Crippen LogP contribution in [0.15, 0.2) is 24.3 Å². The Morgan fingerprint density at radius 3 is 2.55 bits per heavy atom. The monoisotopic (exact) mass is 405 g/mol. The molecule has 1 aliphatic heterocycles. The molecule has 3 amide bonds. The first-order valence-corrected chi connectivity index (χ1v) is 9.90. The van der Waals surface area contributed by atoms with E-state index in [9.17, 15) is 14.4 Å². The van der Waals surface area contributed by atoms with Crippen LogP contribution in [0, 0.1) is 5.92 Å². The molecule has 29 heavy (non-hydrogen) atoms. The second kappa shape index (κ2) is 11.4. The van der Waals surface area contributed by atoms with Crippen LogP contribution in [-0.2, 0) is 14.3 Å². The predicted octanol–water partition coefficient (Wildman–Crippen LogP) is 1.20. The van der Waals surface area contributed by atoms with Crippen LogP contribution in [0.1, 0.15) is 36.0 Å². The summed E-state index contributed by atoms with van der Waals surface area (Å²) in [6.07, 6.45) is 2.22. The molecule has 1 fully saturated rings. The Morgan fingerprint density at radius 2 is 1.90 bits per heavy atom. The van der Waals surface area contributed by atoms with Crippen molar-refractivity contribution in [3.05, 3.63) is 29.8 Å². The smallest absolute Gasteiger partial charge is 0.251 e. The summed E-state index contributed by atoms with van der Waals surface area (Å²) >= 11 is 0. The number of hydrogen-bond donors (Lipinski definition) is 2. The zero-order chi connectivity index (χ0) is 21.2. The summed E-state index contributed by atoms with van der Waals surface area (Å²) in [6.45, 7) is 1.28. The highest BCUT2D eigenvalue weighted by molar-refractivity contribution is 5.94. The minimum Gasteiger partial charge on any atom is -0.497 e. The van der Waals surface area contributed by atoms with Crippen LogP contribution in [0.4, 0.5) is 0 Å². The fourth-order valence-electron chi connectivity index (χ4n) is 3.38. The first kappa shape index (κ1) is 22.7. The largest absolute Gasteiger partial charge is 0.497 e. The van der Waals surface area contributed by atoms with Crippen LogP contribution in [0.2, 0.25) is 0 Å². The zero-order valence-electron chi connectivity index (χ0n) is 17.4. The van der Waals surface area contributed by atoms with E-state index < -0.39 is 0 Å². The predicted molar refractivity (Wildman–Crippen MR) is 109 cm³/mol. The molecule has 2 unspecified atom stereocenters. The topological polar surface area (TPSA) is 97.0 Å². The van der Waals surface area contributed by atoms with Crippen molar-refractivity contribution in [3.8, 4) is 5.75 Å². The van der Waals surface area contributed by atoms with Gasteiger partial charge in [-0.1, -0.05) is 6.42 Å². The van der Waals surface area contributed by atoms with Crippen LogP contribution in [0.5, 0.6) is 5.75 Å². The number of amides is 3. The number of carbonyl (C=O) groups is 3. The third-order valence-electron chi connectivity index (χ3n) is 5.11. The zero-order valence-corrected chi connectivity index (χ0v) is 17.4. The Bertz CT molecular complexity index is 692. The number of nitrogens with one attached hydrogen (secondary N) is 2. The summed E-state index contributed by atoms with van der Waals surface area (Å²) in [5.74, 6) is -0.0828. The van der Waals surface area contributed by atoms with Gasteiger partial charge in [-0.3, -0.25) is 14.4 Å². The Balaban J connectivity index is 1.97. The van der Waals surface area contributed by atoms with Crippen LogP contribution in [0.3, 0.4) is 0 Å². The Kier molecular flexibility index (Phi) is 8.92. The van der Waals surface area contributed by atoms with Gasteiger partial charge in [-0.2, -0.15) is 0 Å². The van der Waals surface area contributed by atoms with Gasteiger partial charge in [0, 0.05) is 51.2 Å². The lowest BCUT2D eigenvalue weighted by atomic mass is 9.96. The lowest BCUT2D eigenvalue weighted by Crippen LogP contribution is -2.44. The number of methoxy groups -OCH3 is 2. The Morgan fingerprint density at radius 1 is 1.17 bits per heavy atom. The van der Waals surface area contributed by atoms with E-state index >= 15 is 0 Å². The van der Waals surface area contributed by atoms with Crippen molar-refractivity contribution in [3.63, 3.8) is 0 Å². The van der Waals surface area contributed by atoms with E-state index in [1.54, 1.807) is 50.4 Å². The molecular formula is C21H31N3O5. The van der Waals surface area contributed by atoms with E-state index in [0.717, 1.165) is 6.42 Å². The molecule has 8 nitrogen and oxygen atoms in total. The second-order valence-electron chi connectivity index (χ2n) is 7.29. The average molecular weight is 405 g/mol. The van der Waals surface area contributed by atoms with Crippen LogP contribution >= 0.6 is 0 Å². The van der Waals surface area contributed by atoms with E-state index in [0.29, 0.717) is 43.9 Å². The summed E-state index contributed by atoms with van der Waals surface area (Å²) in [7, 11) is 4.86. The quantitative estimate of drug-likeness (QED) is 0.665. The summed E-state index contributed by atoms with van der Waals surface area (Å²) in [6, 6.07) is 6.71. The van der Waals surface area contributed by atoms with Gasteiger partial charge >= 0.3 is 0 Å². The molecule has 0 spiro atoms. The van der Waals surface area contributed by atoms with Gasteiger partial charge in [-0.05, 0) is 37.1 Å². The number of benzene rings is 1. The normalized spacial score (nSPS) is 20.2. The maximum atomic E-state index is 12.6. The summed E-state index contributed by atoms with van der Waals surface area (Å²) in [4.78, 5) is 39.1. The Labute approximate surface area is 171 Å². The third kappa shape index (κ3) is 7.05. The van der Waals surface area contributed by atoms with Gasteiger partial charge in [0.25, 0.3) is 5.91 Å². The third-order valence-corrected chi connectivity index (χ3v) is 5.11. The van der Waals surface area contributed by atoms with Crippen molar-refractivity contribution in [1.82, 2.24) is 15.5 Å². The molecule has 0 aromatic heterocycles. The van der Waals surface area contributed by atoms with Gasteiger partial charge in [-0.15, -0.1) is 0 Å². The van der Waals surface area contributed by atoms with Gasteiger partial charge in [0.1, 0.15) is 5.75 Å². The lowest BCUT2D eigenvalue weighted by molar-refractivity contribution is -0.135. The summed E-state index contributed by atoms with van der Waals surface area (Å²) < 4.78 is 10.1. The van der Waals surface area contributed by atoms with Gasteiger partial charge in [0.05, 0.1) is 13.7 Å². The van der Waals surface area contributed by atoms with E-state index in [4.69, 9.17) is 9.47 Å². The molecule has 0 aliphatic carbocycles. The number of nitrogens with zero attached hydrogens (tertiary/aromatic N) is 1. The number of rotatable bonds is 7. The fraction of sp³-hybridized carbons (Fsp3) is 0.571. The fourth-order valence-corrected chi connectivity index (χ4v) is 3.38. The molecule has 1 aromatic rings. The molecule has 8 heteroatoms.